The Kier molecular flexibility index (Phi) is 8.99. The van der Waals surface area contributed by atoms with Crippen LogP contribution in [0.4, 0.5) is 0 Å². The molecule has 0 unspecified atom stereocenters. The number of hydrogen-bond acceptors (Lipinski definition) is 1. The van der Waals surface area contributed by atoms with Crippen molar-refractivity contribution < 1.29 is 0 Å². The first-order valence-electron chi connectivity index (χ1n) is 12.8. The van der Waals surface area contributed by atoms with Crippen LogP contribution in [0.1, 0.15) is 84.3 Å². The van der Waals surface area contributed by atoms with Gasteiger partial charge in [0.15, 0.2) is 0 Å². The number of aromatic nitrogens is 1. The van der Waals surface area contributed by atoms with Crippen LogP contribution in [0, 0.1) is 6.92 Å². The Bertz CT molecular complexity index is 972. The number of hydrogen-bond donors (Lipinski definition) is 0. The van der Waals surface area contributed by atoms with E-state index in [0.717, 1.165) is 13.1 Å². The fourth-order valence-corrected chi connectivity index (χ4v) is 4.91. The summed E-state index contributed by atoms with van der Waals surface area (Å²) in [6.45, 7) is 15.8. The van der Waals surface area contributed by atoms with Gasteiger partial charge in [0.1, 0.15) is 0 Å². The minimum atomic E-state index is 0.534. The van der Waals surface area contributed by atoms with Crippen LogP contribution in [-0.4, -0.2) is 21.6 Å². The van der Waals surface area contributed by atoms with Crippen molar-refractivity contribution in [1.82, 2.24) is 9.47 Å². The van der Waals surface area contributed by atoms with Gasteiger partial charge in [-0.15, -0.1) is 0 Å². The monoisotopic (exact) mass is 432 g/mol. The largest absolute Gasteiger partial charge is 0.347 e. The first-order valence-corrected chi connectivity index (χ1v) is 12.8. The number of unbranched alkanes of at least 4 members (excludes halogenated alkanes) is 5. The summed E-state index contributed by atoms with van der Waals surface area (Å²) in [5.41, 5.74) is 6.79. The highest BCUT2D eigenvalue weighted by Crippen LogP contribution is 2.30. The molecule has 32 heavy (non-hydrogen) atoms. The van der Waals surface area contributed by atoms with Crippen molar-refractivity contribution in [2.24, 2.45) is 0 Å². The van der Waals surface area contributed by atoms with Gasteiger partial charge < -0.3 is 4.57 Å². The molecule has 0 saturated carbocycles. The van der Waals surface area contributed by atoms with E-state index < -0.39 is 0 Å². The lowest BCUT2D eigenvalue weighted by atomic mass is 10.0. The molecule has 3 aromatic rings. The van der Waals surface area contributed by atoms with Gasteiger partial charge in [0, 0.05) is 42.3 Å². The van der Waals surface area contributed by atoms with E-state index in [9.17, 15) is 0 Å². The second-order valence-electron chi connectivity index (χ2n) is 10.1. The summed E-state index contributed by atoms with van der Waals surface area (Å²) in [6.07, 6.45) is 10.5. The van der Waals surface area contributed by atoms with Crippen LogP contribution in [0.2, 0.25) is 0 Å². The van der Waals surface area contributed by atoms with E-state index in [0.29, 0.717) is 12.1 Å². The summed E-state index contributed by atoms with van der Waals surface area (Å²) in [5.74, 6) is 0. The molecule has 0 aliphatic heterocycles. The van der Waals surface area contributed by atoms with Gasteiger partial charge in [0.25, 0.3) is 0 Å². The van der Waals surface area contributed by atoms with Crippen molar-refractivity contribution in [3.05, 3.63) is 59.8 Å². The maximum atomic E-state index is 2.60. The van der Waals surface area contributed by atoms with Crippen LogP contribution in [0.15, 0.2) is 48.7 Å². The van der Waals surface area contributed by atoms with Crippen molar-refractivity contribution in [2.75, 3.05) is 0 Å². The highest BCUT2D eigenvalue weighted by molar-refractivity contribution is 5.88. The van der Waals surface area contributed by atoms with Gasteiger partial charge >= 0.3 is 0 Å². The van der Waals surface area contributed by atoms with Crippen LogP contribution in [-0.2, 0) is 13.1 Å². The van der Waals surface area contributed by atoms with E-state index in [1.165, 1.54) is 71.7 Å². The molecular weight excluding hydrogens is 388 g/mol. The Labute approximate surface area is 196 Å². The fourth-order valence-electron chi connectivity index (χ4n) is 4.91. The second-order valence-corrected chi connectivity index (χ2v) is 10.1. The topological polar surface area (TPSA) is 8.17 Å². The molecule has 0 saturated heterocycles. The molecule has 0 fully saturated rings. The molecule has 0 radical (unpaired) electrons. The average Bonchev–Trinajstić information content (AvgIpc) is 3.10. The van der Waals surface area contributed by atoms with Gasteiger partial charge in [-0.2, -0.15) is 0 Å². The predicted octanol–water partition coefficient (Wildman–Crippen LogP) is 8.60. The maximum absolute atomic E-state index is 2.60. The lowest BCUT2D eigenvalue weighted by Gasteiger charge is -2.30. The molecule has 174 valence electrons. The SMILES string of the molecule is CCCCCCCCn1cc(CN(C(C)C)C(C)C)c2cc(-c3cccc(C)c3)ccc21. The molecule has 0 aliphatic carbocycles. The third kappa shape index (κ3) is 6.25. The Hall–Kier alpha value is -2.06. The minimum Gasteiger partial charge on any atom is -0.347 e. The van der Waals surface area contributed by atoms with Gasteiger partial charge in [-0.3, -0.25) is 4.90 Å². The minimum absolute atomic E-state index is 0.534. The standard InChI is InChI=1S/C30H44N2/c1-7-8-9-10-11-12-18-31-21-28(22-32(23(2)3)24(4)5)29-20-27(16-17-30(29)31)26-15-13-14-25(6)19-26/h13-17,19-21,23-24H,7-12,18,22H2,1-6H3. The number of benzene rings is 2. The Balaban J connectivity index is 1.91. The number of aryl methyl sites for hydroxylation is 2. The third-order valence-electron chi connectivity index (χ3n) is 6.75. The van der Waals surface area contributed by atoms with E-state index >= 15 is 0 Å². The molecule has 3 rings (SSSR count). The molecule has 2 aromatic carbocycles. The van der Waals surface area contributed by atoms with Crippen LogP contribution in [0.5, 0.6) is 0 Å². The first-order chi connectivity index (χ1) is 15.4. The quantitative estimate of drug-likeness (QED) is 0.260. The van der Waals surface area contributed by atoms with E-state index in [1.807, 2.05) is 0 Å². The van der Waals surface area contributed by atoms with Crippen LogP contribution < -0.4 is 0 Å². The van der Waals surface area contributed by atoms with Crippen molar-refractivity contribution >= 4 is 10.9 Å². The van der Waals surface area contributed by atoms with Crippen molar-refractivity contribution in [2.45, 2.75) is 105 Å². The van der Waals surface area contributed by atoms with Gasteiger partial charge in [-0.25, -0.2) is 0 Å². The maximum Gasteiger partial charge on any atom is 0.0484 e. The summed E-state index contributed by atoms with van der Waals surface area (Å²) in [6, 6.07) is 17.0. The fraction of sp³-hybridized carbons (Fsp3) is 0.533. The molecule has 1 heterocycles. The Morgan fingerprint density at radius 3 is 2.19 bits per heavy atom. The first kappa shape index (κ1) is 24.6. The lowest BCUT2D eigenvalue weighted by molar-refractivity contribution is 0.166. The molecule has 0 spiro atoms. The normalized spacial score (nSPS) is 12.0. The highest BCUT2D eigenvalue weighted by Gasteiger charge is 2.18. The Morgan fingerprint density at radius 2 is 1.50 bits per heavy atom. The molecule has 0 aliphatic rings. The van der Waals surface area contributed by atoms with Crippen molar-refractivity contribution in [3.8, 4) is 11.1 Å². The summed E-state index contributed by atoms with van der Waals surface area (Å²) < 4.78 is 2.52. The smallest absolute Gasteiger partial charge is 0.0484 e. The Morgan fingerprint density at radius 1 is 0.812 bits per heavy atom. The highest BCUT2D eigenvalue weighted by atomic mass is 15.2. The zero-order valence-electron chi connectivity index (χ0n) is 21.3. The molecule has 2 heteroatoms. The molecule has 0 atom stereocenters. The zero-order valence-corrected chi connectivity index (χ0v) is 21.3. The summed E-state index contributed by atoms with van der Waals surface area (Å²) in [4.78, 5) is 2.60. The predicted molar refractivity (Wildman–Crippen MR) is 141 cm³/mol. The average molecular weight is 433 g/mol. The summed E-state index contributed by atoms with van der Waals surface area (Å²) >= 11 is 0. The van der Waals surface area contributed by atoms with Gasteiger partial charge in [-0.05, 0) is 69.9 Å². The molecule has 0 bridgehead atoms. The van der Waals surface area contributed by atoms with Crippen LogP contribution >= 0.6 is 0 Å². The molecule has 0 amide bonds. The van der Waals surface area contributed by atoms with E-state index in [4.69, 9.17) is 0 Å². The van der Waals surface area contributed by atoms with Gasteiger partial charge in [0.2, 0.25) is 0 Å². The summed E-state index contributed by atoms with van der Waals surface area (Å²) in [5, 5.41) is 1.42. The van der Waals surface area contributed by atoms with Gasteiger partial charge in [0.05, 0.1) is 0 Å². The lowest BCUT2D eigenvalue weighted by Crippen LogP contribution is -2.36. The third-order valence-corrected chi connectivity index (χ3v) is 6.75. The number of rotatable bonds is 12. The van der Waals surface area contributed by atoms with E-state index in [1.54, 1.807) is 0 Å². The van der Waals surface area contributed by atoms with Crippen molar-refractivity contribution in [3.63, 3.8) is 0 Å². The van der Waals surface area contributed by atoms with Crippen LogP contribution in [0.25, 0.3) is 22.0 Å². The number of nitrogens with zero attached hydrogens (tertiary/aromatic N) is 2. The van der Waals surface area contributed by atoms with Gasteiger partial charge in [-0.1, -0.05) is 74.9 Å². The molecule has 2 nitrogen and oxygen atoms in total. The summed E-state index contributed by atoms with van der Waals surface area (Å²) in [7, 11) is 0. The van der Waals surface area contributed by atoms with E-state index in [-0.39, 0.29) is 0 Å². The molecule has 0 N–H and O–H groups in total. The number of fused-ring (bicyclic) bond motifs is 1. The van der Waals surface area contributed by atoms with E-state index in [2.05, 4.69) is 99.7 Å². The second kappa shape index (κ2) is 11.7. The molecular formula is C30H44N2. The zero-order chi connectivity index (χ0) is 23.1. The van der Waals surface area contributed by atoms with Crippen molar-refractivity contribution in [1.29, 1.82) is 0 Å². The molecule has 1 aromatic heterocycles. The van der Waals surface area contributed by atoms with Crippen LogP contribution in [0.3, 0.4) is 0 Å².